The van der Waals surface area contributed by atoms with Crippen LogP contribution in [0.3, 0.4) is 0 Å². The number of halogens is 1. The van der Waals surface area contributed by atoms with Gasteiger partial charge in [-0.2, -0.15) is 0 Å². The van der Waals surface area contributed by atoms with Crippen LogP contribution in [0.1, 0.15) is 4.88 Å². The monoisotopic (exact) mass is 253 g/mol. The molecule has 0 saturated heterocycles. The minimum Gasteiger partial charge on any atom is -0.244 e. The molecule has 0 aliphatic rings. The fourth-order valence-corrected chi connectivity index (χ4v) is 2.05. The van der Waals surface area contributed by atoms with E-state index in [2.05, 4.69) is 40.0 Å². The number of hydrogen-bond donors (Lipinski definition) is 0. The van der Waals surface area contributed by atoms with Crippen LogP contribution in [0, 0.1) is 6.92 Å². The van der Waals surface area contributed by atoms with Gasteiger partial charge in [-0.25, -0.2) is 4.98 Å². The maximum Gasteiger partial charge on any atom is 0.0840 e. The van der Waals surface area contributed by atoms with E-state index in [1.807, 2.05) is 17.6 Å². The molecule has 66 valence electrons. The maximum atomic E-state index is 4.32. The van der Waals surface area contributed by atoms with Crippen molar-refractivity contribution in [3.8, 4) is 11.3 Å². The van der Waals surface area contributed by atoms with Gasteiger partial charge < -0.3 is 0 Å². The number of hydrogen-bond acceptors (Lipinski definition) is 2. The molecule has 1 heterocycles. The van der Waals surface area contributed by atoms with Crippen LogP contribution in [0.15, 0.2) is 34.2 Å². The van der Waals surface area contributed by atoms with Gasteiger partial charge in [-0.1, -0.05) is 28.1 Å². The molecular weight excluding hydrogens is 246 g/mol. The van der Waals surface area contributed by atoms with Crippen molar-refractivity contribution in [2.45, 2.75) is 6.92 Å². The number of nitrogens with zero attached hydrogens (tertiary/aromatic N) is 1. The van der Waals surface area contributed by atoms with Gasteiger partial charge in [0.1, 0.15) is 0 Å². The van der Waals surface area contributed by atoms with Crippen LogP contribution in [0.2, 0.25) is 0 Å². The van der Waals surface area contributed by atoms with Gasteiger partial charge in [-0.3, -0.25) is 0 Å². The highest BCUT2D eigenvalue weighted by molar-refractivity contribution is 9.10. The molecule has 0 atom stereocenters. The second-order valence-corrected chi connectivity index (χ2v) is 4.74. The Labute approximate surface area is 89.6 Å². The number of rotatable bonds is 1. The largest absolute Gasteiger partial charge is 0.244 e. The third-order valence-electron chi connectivity index (χ3n) is 1.86. The second kappa shape index (κ2) is 3.60. The molecule has 0 aliphatic carbocycles. The van der Waals surface area contributed by atoms with E-state index in [4.69, 9.17) is 0 Å². The molecule has 0 spiro atoms. The topological polar surface area (TPSA) is 12.9 Å². The summed E-state index contributed by atoms with van der Waals surface area (Å²) < 4.78 is 1.10. The van der Waals surface area contributed by atoms with E-state index in [1.165, 1.54) is 10.4 Å². The lowest BCUT2D eigenvalue weighted by Crippen LogP contribution is -1.78. The number of benzene rings is 1. The van der Waals surface area contributed by atoms with Crippen molar-refractivity contribution in [3.63, 3.8) is 0 Å². The van der Waals surface area contributed by atoms with Gasteiger partial charge in [0, 0.05) is 14.9 Å². The third kappa shape index (κ3) is 1.81. The molecule has 0 amide bonds. The van der Waals surface area contributed by atoms with Gasteiger partial charge >= 0.3 is 0 Å². The molecule has 13 heavy (non-hydrogen) atoms. The Hall–Kier alpha value is -0.670. The SMILES string of the molecule is Cc1scnc1-c1ccc(Br)cc1. The predicted octanol–water partition coefficient (Wildman–Crippen LogP) is 3.88. The summed E-state index contributed by atoms with van der Waals surface area (Å²) in [5.41, 5.74) is 4.16. The van der Waals surface area contributed by atoms with Gasteiger partial charge in [0.05, 0.1) is 11.2 Å². The average molecular weight is 254 g/mol. The molecule has 0 unspecified atom stereocenters. The van der Waals surface area contributed by atoms with Crippen LogP contribution in [0.5, 0.6) is 0 Å². The Bertz CT molecular complexity index is 405. The first kappa shape index (κ1) is 8.91. The Morgan fingerprint density at radius 2 is 1.92 bits per heavy atom. The first-order chi connectivity index (χ1) is 6.27. The zero-order valence-electron chi connectivity index (χ0n) is 7.12. The summed E-state index contributed by atoms with van der Waals surface area (Å²) in [7, 11) is 0. The third-order valence-corrected chi connectivity index (χ3v) is 3.15. The van der Waals surface area contributed by atoms with Crippen LogP contribution in [0.4, 0.5) is 0 Å². The van der Waals surface area contributed by atoms with Crippen LogP contribution in [-0.4, -0.2) is 4.98 Å². The molecule has 0 bridgehead atoms. The minimum absolute atomic E-state index is 1.09. The number of thiazole rings is 1. The highest BCUT2D eigenvalue weighted by Crippen LogP contribution is 2.25. The van der Waals surface area contributed by atoms with Crippen molar-refractivity contribution < 1.29 is 0 Å². The van der Waals surface area contributed by atoms with E-state index in [0.29, 0.717) is 0 Å². The van der Waals surface area contributed by atoms with Gasteiger partial charge in [-0.05, 0) is 19.1 Å². The highest BCUT2D eigenvalue weighted by Gasteiger charge is 2.03. The zero-order chi connectivity index (χ0) is 9.26. The molecular formula is C10H8BrNS. The lowest BCUT2D eigenvalue weighted by atomic mass is 10.1. The Morgan fingerprint density at radius 3 is 2.46 bits per heavy atom. The van der Waals surface area contributed by atoms with Gasteiger partial charge in [0.15, 0.2) is 0 Å². The quantitative estimate of drug-likeness (QED) is 0.752. The summed E-state index contributed by atoms with van der Waals surface area (Å²) in [6.45, 7) is 2.09. The number of aromatic nitrogens is 1. The van der Waals surface area contributed by atoms with E-state index in [0.717, 1.165) is 10.2 Å². The van der Waals surface area contributed by atoms with E-state index in [9.17, 15) is 0 Å². The molecule has 1 aromatic heterocycles. The lowest BCUT2D eigenvalue weighted by molar-refractivity contribution is 1.37. The first-order valence-electron chi connectivity index (χ1n) is 3.93. The first-order valence-corrected chi connectivity index (χ1v) is 5.60. The summed E-state index contributed by atoms with van der Waals surface area (Å²) in [5.74, 6) is 0. The minimum atomic E-state index is 1.09. The Balaban J connectivity index is 2.47. The molecule has 0 saturated carbocycles. The fourth-order valence-electron chi connectivity index (χ4n) is 1.19. The summed E-state index contributed by atoms with van der Waals surface area (Å²) in [6, 6.07) is 8.22. The average Bonchev–Trinajstić information content (AvgIpc) is 2.53. The highest BCUT2D eigenvalue weighted by atomic mass is 79.9. The second-order valence-electron chi connectivity index (χ2n) is 2.76. The zero-order valence-corrected chi connectivity index (χ0v) is 9.52. The van der Waals surface area contributed by atoms with E-state index in [-0.39, 0.29) is 0 Å². The molecule has 3 heteroatoms. The molecule has 1 aromatic carbocycles. The maximum absolute atomic E-state index is 4.32. The smallest absolute Gasteiger partial charge is 0.0840 e. The van der Waals surface area contributed by atoms with Crippen molar-refractivity contribution in [2.75, 3.05) is 0 Å². The van der Waals surface area contributed by atoms with Crippen LogP contribution in [-0.2, 0) is 0 Å². The molecule has 0 fully saturated rings. The van der Waals surface area contributed by atoms with Crippen LogP contribution < -0.4 is 0 Å². The molecule has 0 aliphatic heterocycles. The predicted molar refractivity (Wildman–Crippen MR) is 60.0 cm³/mol. The van der Waals surface area contributed by atoms with Crippen LogP contribution in [0.25, 0.3) is 11.3 Å². The summed E-state index contributed by atoms with van der Waals surface area (Å²) in [6.07, 6.45) is 0. The molecule has 1 nitrogen and oxygen atoms in total. The molecule has 0 N–H and O–H groups in total. The standard InChI is InChI=1S/C10H8BrNS/c1-7-10(12-6-13-7)8-2-4-9(11)5-3-8/h2-6H,1H3. The molecule has 2 rings (SSSR count). The van der Waals surface area contributed by atoms with Crippen molar-refractivity contribution in [3.05, 3.63) is 39.1 Å². The summed E-state index contributed by atoms with van der Waals surface area (Å²) in [5, 5.41) is 0. The van der Waals surface area contributed by atoms with Crippen LogP contribution >= 0.6 is 27.3 Å². The van der Waals surface area contributed by atoms with Crippen molar-refractivity contribution in [1.29, 1.82) is 0 Å². The number of aryl methyl sites for hydroxylation is 1. The van der Waals surface area contributed by atoms with E-state index < -0.39 is 0 Å². The summed E-state index contributed by atoms with van der Waals surface area (Å²) >= 11 is 5.09. The van der Waals surface area contributed by atoms with Crippen molar-refractivity contribution >= 4 is 27.3 Å². The van der Waals surface area contributed by atoms with Gasteiger partial charge in [0.25, 0.3) is 0 Å². The fraction of sp³-hybridized carbons (Fsp3) is 0.100. The van der Waals surface area contributed by atoms with Gasteiger partial charge in [0.2, 0.25) is 0 Å². The molecule has 2 aromatic rings. The molecule has 0 radical (unpaired) electrons. The van der Waals surface area contributed by atoms with Gasteiger partial charge in [-0.15, -0.1) is 11.3 Å². The Morgan fingerprint density at radius 1 is 1.23 bits per heavy atom. The lowest BCUT2D eigenvalue weighted by Gasteiger charge is -1.98. The Kier molecular flexibility index (Phi) is 2.47. The normalized spacial score (nSPS) is 10.3. The van der Waals surface area contributed by atoms with Crippen molar-refractivity contribution in [1.82, 2.24) is 4.98 Å². The summed E-state index contributed by atoms with van der Waals surface area (Å²) in [4.78, 5) is 5.58. The van der Waals surface area contributed by atoms with E-state index >= 15 is 0 Å². The van der Waals surface area contributed by atoms with E-state index in [1.54, 1.807) is 11.3 Å². The van der Waals surface area contributed by atoms with Crippen molar-refractivity contribution in [2.24, 2.45) is 0 Å².